The Morgan fingerprint density at radius 3 is 2.35 bits per heavy atom. The molecule has 0 amide bonds. The first-order valence-electron chi connectivity index (χ1n) is 7.29. The van der Waals surface area contributed by atoms with Gasteiger partial charge < -0.3 is 19.9 Å². The summed E-state index contributed by atoms with van der Waals surface area (Å²) in [6.45, 7) is 0.982. The van der Waals surface area contributed by atoms with Crippen molar-refractivity contribution < 1.29 is 23.4 Å². The lowest BCUT2D eigenvalue weighted by Crippen LogP contribution is -2.51. The lowest BCUT2D eigenvalue weighted by atomic mass is 9.97. The van der Waals surface area contributed by atoms with Crippen molar-refractivity contribution in [2.45, 2.75) is 12.0 Å². The van der Waals surface area contributed by atoms with Gasteiger partial charge >= 0.3 is 0 Å². The number of hydrogen-bond acceptors (Lipinski definition) is 5. The fourth-order valence-electron chi connectivity index (χ4n) is 2.80. The van der Waals surface area contributed by atoms with Gasteiger partial charge in [-0.05, 0) is 17.7 Å². The molecule has 0 bridgehead atoms. The van der Waals surface area contributed by atoms with E-state index in [0.29, 0.717) is 47.7 Å². The average molecular weight is 395 g/mol. The first kappa shape index (κ1) is 18.4. The summed E-state index contributed by atoms with van der Waals surface area (Å²) < 4.78 is 39.9. The summed E-state index contributed by atoms with van der Waals surface area (Å²) in [6, 6.07) is 1.90. The van der Waals surface area contributed by atoms with Crippen LogP contribution in [0.15, 0.2) is 16.6 Å². The van der Waals surface area contributed by atoms with Crippen molar-refractivity contribution in [2.24, 2.45) is 0 Å². The van der Waals surface area contributed by atoms with E-state index in [1.165, 1.54) is 14.2 Å². The Morgan fingerprint density at radius 2 is 1.83 bits per heavy atom. The smallest absolute Gasteiger partial charge is 0.289 e. The van der Waals surface area contributed by atoms with Gasteiger partial charge in [-0.25, -0.2) is 8.78 Å². The van der Waals surface area contributed by atoms with Crippen molar-refractivity contribution in [2.75, 3.05) is 47.0 Å². The Labute approximate surface area is 142 Å². The van der Waals surface area contributed by atoms with Gasteiger partial charge in [0.15, 0.2) is 11.5 Å². The zero-order valence-electron chi connectivity index (χ0n) is 13.1. The van der Waals surface area contributed by atoms with E-state index in [2.05, 4.69) is 21.2 Å². The number of piperazine rings is 1. The van der Waals surface area contributed by atoms with Crippen molar-refractivity contribution in [1.29, 1.82) is 0 Å². The SMILES string of the molecule is COc1cc(Br)c([C@@H](N2CCNCC2)C(F)(F)CO)cc1OC. The number of benzene rings is 1. The molecule has 1 saturated heterocycles. The molecule has 0 unspecified atom stereocenters. The predicted octanol–water partition coefficient (Wildman–Crippen LogP) is 2.04. The second-order valence-electron chi connectivity index (χ2n) is 5.34. The van der Waals surface area contributed by atoms with Gasteiger partial charge in [0.05, 0.1) is 14.2 Å². The number of nitrogens with one attached hydrogen (secondary N) is 1. The maximum absolute atomic E-state index is 14.5. The number of ether oxygens (including phenoxy) is 2. The van der Waals surface area contributed by atoms with Gasteiger partial charge in [-0.15, -0.1) is 0 Å². The van der Waals surface area contributed by atoms with E-state index in [4.69, 9.17) is 9.47 Å². The van der Waals surface area contributed by atoms with Crippen LogP contribution in [0.25, 0.3) is 0 Å². The Morgan fingerprint density at radius 1 is 1.26 bits per heavy atom. The van der Waals surface area contributed by atoms with Gasteiger partial charge in [0.25, 0.3) is 5.92 Å². The molecular formula is C15H21BrF2N2O3. The minimum Gasteiger partial charge on any atom is -0.493 e. The molecule has 5 nitrogen and oxygen atoms in total. The van der Waals surface area contributed by atoms with Crippen LogP contribution in [0.5, 0.6) is 11.5 Å². The van der Waals surface area contributed by atoms with Crippen LogP contribution in [0.2, 0.25) is 0 Å². The molecule has 1 aromatic rings. The first-order valence-corrected chi connectivity index (χ1v) is 8.08. The molecule has 1 fully saturated rings. The van der Waals surface area contributed by atoms with Crippen LogP contribution >= 0.6 is 15.9 Å². The van der Waals surface area contributed by atoms with Crippen molar-refractivity contribution in [3.8, 4) is 11.5 Å². The van der Waals surface area contributed by atoms with E-state index >= 15 is 0 Å². The molecule has 2 rings (SSSR count). The Kier molecular flexibility index (Phi) is 6.19. The normalized spacial score (nSPS) is 17.8. The number of rotatable bonds is 6. The molecule has 1 atom stereocenters. The highest BCUT2D eigenvalue weighted by molar-refractivity contribution is 9.10. The third kappa shape index (κ3) is 3.93. The fourth-order valence-corrected chi connectivity index (χ4v) is 3.34. The van der Waals surface area contributed by atoms with E-state index in [1.807, 2.05) is 0 Å². The van der Waals surface area contributed by atoms with Gasteiger partial charge in [-0.1, -0.05) is 15.9 Å². The minimum atomic E-state index is -3.28. The number of methoxy groups -OCH3 is 2. The number of halogens is 3. The Bertz CT molecular complexity index is 540. The van der Waals surface area contributed by atoms with Crippen LogP contribution in [-0.4, -0.2) is 62.9 Å². The Balaban J connectivity index is 2.50. The molecule has 1 aliphatic heterocycles. The maximum atomic E-state index is 14.5. The van der Waals surface area contributed by atoms with Gasteiger partial charge in [0, 0.05) is 30.7 Å². The molecule has 0 spiro atoms. The number of alkyl halides is 2. The molecule has 0 saturated carbocycles. The summed E-state index contributed by atoms with van der Waals surface area (Å²) in [5.41, 5.74) is 0.364. The summed E-state index contributed by atoms with van der Waals surface area (Å²) in [4.78, 5) is 1.68. The molecule has 1 aliphatic rings. The molecule has 1 heterocycles. The van der Waals surface area contributed by atoms with E-state index in [-0.39, 0.29) is 0 Å². The third-order valence-corrected chi connectivity index (χ3v) is 4.61. The number of hydrogen-bond donors (Lipinski definition) is 2. The first-order chi connectivity index (χ1) is 10.9. The quantitative estimate of drug-likeness (QED) is 0.773. The van der Waals surface area contributed by atoms with Crippen molar-refractivity contribution in [3.63, 3.8) is 0 Å². The molecule has 23 heavy (non-hydrogen) atoms. The summed E-state index contributed by atoms with van der Waals surface area (Å²) >= 11 is 3.35. The summed E-state index contributed by atoms with van der Waals surface area (Å²) in [5, 5.41) is 12.4. The number of nitrogens with zero attached hydrogens (tertiary/aromatic N) is 1. The number of aliphatic hydroxyl groups excluding tert-OH is 1. The zero-order valence-corrected chi connectivity index (χ0v) is 14.7. The lowest BCUT2D eigenvalue weighted by molar-refractivity contribution is -0.118. The molecule has 8 heteroatoms. The summed E-state index contributed by atoms with van der Waals surface area (Å²) in [5.74, 6) is -2.45. The van der Waals surface area contributed by atoms with E-state index < -0.39 is 18.6 Å². The van der Waals surface area contributed by atoms with Gasteiger partial charge in [-0.2, -0.15) is 0 Å². The third-order valence-electron chi connectivity index (χ3n) is 3.93. The van der Waals surface area contributed by atoms with Gasteiger partial charge in [0.1, 0.15) is 12.6 Å². The monoisotopic (exact) mass is 394 g/mol. The molecular weight excluding hydrogens is 374 g/mol. The molecule has 0 aliphatic carbocycles. The fraction of sp³-hybridized carbons (Fsp3) is 0.600. The summed E-state index contributed by atoms with van der Waals surface area (Å²) in [6.07, 6.45) is 0. The zero-order chi connectivity index (χ0) is 17.0. The van der Waals surface area contributed by atoms with Crippen LogP contribution in [0.1, 0.15) is 11.6 Å². The van der Waals surface area contributed by atoms with Crippen LogP contribution in [-0.2, 0) is 0 Å². The number of aliphatic hydroxyl groups is 1. The van der Waals surface area contributed by atoms with Gasteiger partial charge in [0.2, 0.25) is 0 Å². The average Bonchev–Trinajstić information content (AvgIpc) is 2.57. The highest BCUT2D eigenvalue weighted by Gasteiger charge is 2.45. The van der Waals surface area contributed by atoms with Crippen LogP contribution in [0.3, 0.4) is 0 Å². The minimum absolute atomic E-state index is 0.364. The largest absolute Gasteiger partial charge is 0.493 e. The topological polar surface area (TPSA) is 54.0 Å². The standard InChI is InChI=1S/C15H21BrF2N2O3/c1-22-12-7-10(11(16)8-13(12)23-2)14(15(17,18)9-21)20-5-3-19-4-6-20/h7-8,14,19,21H,3-6,9H2,1-2H3/t14-/m1/s1. The summed E-state index contributed by atoms with van der Waals surface area (Å²) in [7, 11) is 2.94. The maximum Gasteiger partial charge on any atom is 0.289 e. The van der Waals surface area contributed by atoms with Crippen molar-refractivity contribution in [1.82, 2.24) is 10.2 Å². The molecule has 1 aromatic carbocycles. The predicted molar refractivity (Wildman–Crippen MR) is 86.5 cm³/mol. The van der Waals surface area contributed by atoms with Crippen molar-refractivity contribution in [3.05, 3.63) is 22.2 Å². The van der Waals surface area contributed by atoms with Crippen LogP contribution in [0, 0.1) is 0 Å². The molecule has 0 aromatic heterocycles. The Hall–Kier alpha value is -0.960. The van der Waals surface area contributed by atoms with E-state index in [0.717, 1.165) is 0 Å². The van der Waals surface area contributed by atoms with Crippen LogP contribution in [0.4, 0.5) is 8.78 Å². The highest BCUT2D eigenvalue weighted by Crippen LogP contribution is 2.43. The van der Waals surface area contributed by atoms with E-state index in [9.17, 15) is 13.9 Å². The molecule has 0 radical (unpaired) electrons. The molecule has 2 N–H and O–H groups in total. The lowest BCUT2D eigenvalue weighted by Gasteiger charge is -2.39. The van der Waals surface area contributed by atoms with E-state index in [1.54, 1.807) is 17.0 Å². The van der Waals surface area contributed by atoms with Gasteiger partial charge in [-0.3, -0.25) is 4.90 Å². The second-order valence-corrected chi connectivity index (χ2v) is 6.19. The van der Waals surface area contributed by atoms with Crippen LogP contribution < -0.4 is 14.8 Å². The highest BCUT2D eigenvalue weighted by atomic mass is 79.9. The second kappa shape index (κ2) is 7.74. The molecule has 130 valence electrons. The van der Waals surface area contributed by atoms with Crippen molar-refractivity contribution >= 4 is 15.9 Å².